The minimum atomic E-state index is 0.168. The van der Waals surface area contributed by atoms with Crippen LogP contribution in [0.15, 0.2) is 0 Å². The zero-order chi connectivity index (χ0) is 13.1. The molecule has 2 rings (SSSR count). The molecule has 1 aliphatic heterocycles. The van der Waals surface area contributed by atoms with E-state index in [2.05, 4.69) is 38.7 Å². The Hall–Kier alpha value is -1.14. The number of likely N-dealkylation sites (N-methyl/N-ethyl adjacent to an activating group) is 1. The van der Waals surface area contributed by atoms with Crippen LogP contribution in [-0.4, -0.2) is 59.7 Å². The van der Waals surface area contributed by atoms with Gasteiger partial charge in [-0.1, -0.05) is 0 Å². The molecule has 0 amide bonds. The fourth-order valence-electron chi connectivity index (χ4n) is 2.21. The molecular weight excluding hydrogens is 254 g/mol. The standard InChI is InChI=1S/C11H18ClN5O/c1-8-7-16(2)5-4-6-17(8)10-13-9(12)14-11(15-10)18-3/h8H,4-7H2,1-3H3. The molecule has 1 unspecified atom stereocenters. The molecule has 0 radical (unpaired) electrons. The molecule has 0 saturated carbocycles. The molecule has 0 bridgehead atoms. The van der Waals surface area contributed by atoms with E-state index in [0.29, 0.717) is 12.0 Å². The van der Waals surface area contributed by atoms with Gasteiger partial charge in [0.2, 0.25) is 11.2 Å². The Labute approximate surface area is 112 Å². The molecule has 0 aromatic carbocycles. The van der Waals surface area contributed by atoms with Crippen molar-refractivity contribution in [1.82, 2.24) is 19.9 Å². The zero-order valence-electron chi connectivity index (χ0n) is 10.9. The van der Waals surface area contributed by atoms with Crippen molar-refractivity contribution in [2.45, 2.75) is 19.4 Å². The normalized spacial score (nSPS) is 21.8. The third-order valence-electron chi connectivity index (χ3n) is 3.06. The van der Waals surface area contributed by atoms with Crippen LogP contribution >= 0.6 is 11.6 Å². The van der Waals surface area contributed by atoms with Crippen LogP contribution in [0.25, 0.3) is 0 Å². The van der Waals surface area contributed by atoms with Crippen molar-refractivity contribution in [1.29, 1.82) is 0 Å². The smallest absolute Gasteiger partial charge is 0.322 e. The van der Waals surface area contributed by atoms with Gasteiger partial charge in [-0.2, -0.15) is 15.0 Å². The van der Waals surface area contributed by atoms with Crippen molar-refractivity contribution in [3.05, 3.63) is 5.28 Å². The first-order chi connectivity index (χ1) is 8.60. The molecule has 6 nitrogen and oxygen atoms in total. The second-order valence-corrected chi connectivity index (χ2v) is 4.89. The molecule has 7 heteroatoms. The predicted molar refractivity (Wildman–Crippen MR) is 70.3 cm³/mol. The summed E-state index contributed by atoms with van der Waals surface area (Å²) in [6, 6.07) is 0.593. The largest absolute Gasteiger partial charge is 0.467 e. The van der Waals surface area contributed by atoms with E-state index in [1.165, 1.54) is 7.11 Å². The van der Waals surface area contributed by atoms with Crippen LogP contribution in [0.5, 0.6) is 6.01 Å². The molecule has 1 aliphatic rings. The quantitative estimate of drug-likeness (QED) is 0.802. The molecule has 0 aliphatic carbocycles. The second kappa shape index (κ2) is 5.67. The molecule has 1 aromatic rings. The van der Waals surface area contributed by atoms with Gasteiger partial charge in [0.1, 0.15) is 0 Å². The van der Waals surface area contributed by atoms with Crippen molar-refractivity contribution < 1.29 is 4.74 Å². The molecule has 0 spiro atoms. The number of aromatic nitrogens is 3. The molecule has 1 fully saturated rings. The topological polar surface area (TPSA) is 54.4 Å². The minimum absolute atomic E-state index is 0.168. The summed E-state index contributed by atoms with van der Waals surface area (Å²) in [6.45, 7) is 5.13. The van der Waals surface area contributed by atoms with E-state index in [1.54, 1.807) is 0 Å². The number of hydrogen-bond acceptors (Lipinski definition) is 6. The number of rotatable bonds is 2. The molecule has 1 atom stereocenters. The highest BCUT2D eigenvalue weighted by atomic mass is 35.5. The highest BCUT2D eigenvalue weighted by Crippen LogP contribution is 2.19. The number of nitrogens with zero attached hydrogens (tertiary/aromatic N) is 5. The Balaban J connectivity index is 2.26. The second-order valence-electron chi connectivity index (χ2n) is 4.55. The van der Waals surface area contributed by atoms with Crippen LogP contribution in [0.1, 0.15) is 13.3 Å². The third-order valence-corrected chi connectivity index (χ3v) is 3.23. The molecule has 18 heavy (non-hydrogen) atoms. The van der Waals surface area contributed by atoms with Gasteiger partial charge in [-0.15, -0.1) is 0 Å². The SMILES string of the molecule is COc1nc(Cl)nc(N2CCCN(C)CC2C)n1. The maximum Gasteiger partial charge on any atom is 0.322 e. The summed E-state index contributed by atoms with van der Waals surface area (Å²) < 4.78 is 5.03. The summed E-state index contributed by atoms with van der Waals surface area (Å²) >= 11 is 5.89. The predicted octanol–water partition coefficient (Wildman–Crippen LogP) is 1.06. The van der Waals surface area contributed by atoms with Crippen LogP contribution in [0.3, 0.4) is 0 Å². The van der Waals surface area contributed by atoms with Crippen molar-refractivity contribution in [3.63, 3.8) is 0 Å². The van der Waals surface area contributed by atoms with E-state index in [4.69, 9.17) is 16.3 Å². The molecule has 1 aromatic heterocycles. The summed E-state index contributed by atoms with van der Waals surface area (Å²) in [5, 5.41) is 0.168. The third kappa shape index (κ3) is 3.00. The average molecular weight is 272 g/mol. The van der Waals surface area contributed by atoms with E-state index in [9.17, 15) is 0 Å². The Morgan fingerprint density at radius 3 is 2.78 bits per heavy atom. The lowest BCUT2D eigenvalue weighted by Gasteiger charge is -2.27. The first-order valence-electron chi connectivity index (χ1n) is 6.01. The van der Waals surface area contributed by atoms with Gasteiger partial charge in [-0.3, -0.25) is 0 Å². The van der Waals surface area contributed by atoms with Crippen LogP contribution in [0.4, 0.5) is 5.95 Å². The first kappa shape index (κ1) is 13.3. The van der Waals surface area contributed by atoms with Crippen LogP contribution in [0, 0.1) is 0 Å². The van der Waals surface area contributed by atoms with Crippen molar-refractivity contribution >= 4 is 17.5 Å². The fraction of sp³-hybridized carbons (Fsp3) is 0.727. The number of methoxy groups -OCH3 is 1. The lowest BCUT2D eigenvalue weighted by Crippen LogP contribution is -2.39. The minimum Gasteiger partial charge on any atom is -0.467 e. The highest BCUT2D eigenvalue weighted by Gasteiger charge is 2.23. The molecule has 1 saturated heterocycles. The molecule has 0 N–H and O–H groups in total. The summed E-state index contributed by atoms with van der Waals surface area (Å²) in [6.07, 6.45) is 1.08. The van der Waals surface area contributed by atoms with E-state index in [-0.39, 0.29) is 11.3 Å². The lowest BCUT2D eigenvalue weighted by atomic mass is 10.3. The van der Waals surface area contributed by atoms with Gasteiger partial charge in [0.15, 0.2) is 0 Å². The maximum atomic E-state index is 5.89. The summed E-state index contributed by atoms with van der Waals surface area (Å²) in [5.74, 6) is 0.592. The van der Waals surface area contributed by atoms with Gasteiger partial charge in [0.25, 0.3) is 0 Å². The van der Waals surface area contributed by atoms with E-state index < -0.39 is 0 Å². The number of ether oxygens (including phenoxy) is 1. The van der Waals surface area contributed by atoms with E-state index in [0.717, 1.165) is 26.1 Å². The number of halogens is 1. The molecule has 2 heterocycles. The zero-order valence-corrected chi connectivity index (χ0v) is 11.7. The summed E-state index contributed by atoms with van der Waals surface area (Å²) in [7, 11) is 3.65. The van der Waals surface area contributed by atoms with Crippen LogP contribution < -0.4 is 9.64 Å². The maximum absolute atomic E-state index is 5.89. The van der Waals surface area contributed by atoms with Gasteiger partial charge in [-0.25, -0.2) is 0 Å². The number of hydrogen-bond donors (Lipinski definition) is 0. The summed E-state index contributed by atoms with van der Waals surface area (Å²) in [4.78, 5) is 16.8. The average Bonchev–Trinajstić information content (AvgIpc) is 2.49. The van der Waals surface area contributed by atoms with E-state index in [1.807, 2.05) is 0 Å². The summed E-state index contributed by atoms with van der Waals surface area (Å²) in [5.41, 5.74) is 0. The van der Waals surface area contributed by atoms with Crippen LogP contribution in [0.2, 0.25) is 5.28 Å². The molecule has 100 valence electrons. The van der Waals surface area contributed by atoms with Crippen LogP contribution in [-0.2, 0) is 0 Å². The molecular formula is C11H18ClN5O. The Morgan fingerprint density at radius 1 is 1.28 bits per heavy atom. The van der Waals surface area contributed by atoms with Gasteiger partial charge >= 0.3 is 6.01 Å². The van der Waals surface area contributed by atoms with E-state index >= 15 is 0 Å². The monoisotopic (exact) mass is 271 g/mol. The number of anilines is 1. The first-order valence-corrected chi connectivity index (χ1v) is 6.38. The van der Waals surface area contributed by atoms with Crippen molar-refractivity contribution in [3.8, 4) is 6.01 Å². The van der Waals surface area contributed by atoms with Gasteiger partial charge < -0.3 is 14.5 Å². The van der Waals surface area contributed by atoms with Crippen molar-refractivity contribution in [2.75, 3.05) is 38.7 Å². The van der Waals surface area contributed by atoms with Gasteiger partial charge in [-0.05, 0) is 38.5 Å². The Morgan fingerprint density at radius 2 is 2.06 bits per heavy atom. The Kier molecular flexibility index (Phi) is 4.19. The van der Waals surface area contributed by atoms with Gasteiger partial charge in [0, 0.05) is 19.1 Å². The van der Waals surface area contributed by atoms with Crippen molar-refractivity contribution in [2.24, 2.45) is 0 Å². The highest BCUT2D eigenvalue weighted by molar-refractivity contribution is 6.28. The van der Waals surface area contributed by atoms with Gasteiger partial charge in [0.05, 0.1) is 7.11 Å². The lowest BCUT2D eigenvalue weighted by molar-refractivity contribution is 0.336. The Bertz CT molecular complexity index is 416. The fourth-order valence-corrected chi connectivity index (χ4v) is 2.36.